The molecule has 2 unspecified atom stereocenters. The summed E-state index contributed by atoms with van der Waals surface area (Å²) in [6.45, 7) is 0.314. The molecule has 4 aromatic rings. The third kappa shape index (κ3) is 4.39. The lowest BCUT2D eigenvalue weighted by molar-refractivity contribution is -0.142. The number of rotatable bonds is 6. The lowest BCUT2D eigenvalue weighted by Crippen LogP contribution is -2.32. The number of nitriles is 1. The van der Waals surface area contributed by atoms with E-state index in [-0.39, 0.29) is 5.78 Å². The largest absolute Gasteiger partial charge is 0.489 e. The standard InChI is InChI=1S/C28H21ClN2O4/c29-19-7-5-18(6-8-19)27(32)26-21(28(33)34)10-12-24-25(26)22-13-20(9-11-23(22)31-24)35-15-17-3-1-16(14-30)2-4-17/h1-9,11,13,21,26,31H,10,12,15H2,(H,33,34). The Morgan fingerprint density at radius 2 is 1.83 bits per heavy atom. The van der Waals surface area contributed by atoms with Crippen LogP contribution in [0.25, 0.3) is 10.9 Å². The molecule has 0 aliphatic heterocycles. The van der Waals surface area contributed by atoms with E-state index in [0.29, 0.717) is 41.3 Å². The van der Waals surface area contributed by atoms with Gasteiger partial charge in [0, 0.05) is 27.2 Å². The Labute approximate surface area is 206 Å². The van der Waals surface area contributed by atoms with E-state index in [1.54, 1.807) is 36.4 Å². The average molecular weight is 485 g/mol. The van der Waals surface area contributed by atoms with Gasteiger partial charge in [0.1, 0.15) is 12.4 Å². The van der Waals surface area contributed by atoms with Gasteiger partial charge < -0.3 is 14.8 Å². The fourth-order valence-electron chi connectivity index (χ4n) is 4.77. The fraction of sp³-hybridized carbons (Fsp3) is 0.179. The number of halogens is 1. The van der Waals surface area contributed by atoms with Crippen LogP contribution in [0.5, 0.6) is 5.75 Å². The molecule has 1 heterocycles. The van der Waals surface area contributed by atoms with E-state index in [9.17, 15) is 14.7 Å². The first kappa shape index (κ1) is 22.7. The molecule has 3 aromatic carbocycles. The number of hydrogen-bond acceptors (Lipinski definition) is 4. The summed E-state index contributed by atoms with van der Waals surface area (Å²) in [6, 6.07) is 21.4. The maximum Gasteiger partial charge on any atom is 0.307 e. The number of nitrogens with zero attached hydrogens (tertiary/aromatic N) is 1. The number of hydrogen-bond donors (Lipinski definition) is 2. The summed E-state index contributed by atoms with van der Waals surface area (Å²) in [6.07, 6.45) is 0.925. The molecule has 5 rings (SSSR count). The number of H-pyrrole nitrogens is 1. The fourth-order valence-corrected chi connectivity index (χ4v) is 4.90. The van der Waals surface area contributed by atoms with Crippen molar-refractivity contribution in [1.82, 2.24) is 4.98 Å². The van der Waals surface area contributed by atoms with Gasteiger partial charge in [-0.1, -0.05) is 23.7 Å². The predicted molar refractivity (Wildman–Crippen MR) is 132 cm³/mol. The van der Waals surface area contributed by atoms with Gasteiger partial charge in [0.05, 0.1) is 23.5 Å². The SMILES string of the molecule is N#Cc1ccc(COc2ccc3[nH]c4c(c3c2)C(C(=O)c2ccc(Cl)cc2)C(C(=O)O)CC4)cc1. The molecule has 174 valence electrons. The van der Waals surface area contributed by atoms with Crippen LogP contribution in [0.1, 0.15) is 45.1 Å². The molecule has 2 atom stereocenters. The normalized spacial score (nSPS) is 16.9. The Kier molecular flexibility index (Phi) is 6.02. The summed E-state index contributed by atoms with van der Waals surface area (Å²) >= 11 is 5.99. The number of Topliss-reactive ketones (excluding diaryl/α,β-unsaturated/α-hetero) is 1. The van der Waals surface area contributed by atoms with Gasteiger partial charge in [-0.3, -0.25) is 9.59 Å². The zero-order valence-electron chi connectivity index (χ0n) is 18.6. The number of carboxylic acids is 1. The Bertz CT molecular complexity index is 1470. The first-order valence-electron chi connectivity index (χ1n) is 11.2. The number of ether oxygens (including phenoxy) is 1. The van der Waals surface area contributed by atoms with Crippen LogP contribution in [0, 0.1) is 17.2 Å². The van der Waals surface area contributed by atoms with Gasteiger partial charge in [0.15, 0.2) is 5.78 Å². The molecule has 0 radical (unpaired) electrons. The zero-order valence-corrected chi connectivity index (χ0v) is 19.4. The van der Waals surface area contributed by atoms with Crippen molar-refractivity contribution in [2.75, 3.05) is 0 Å². The highest BCUT2D eigenvalue weighted by atomic mass is 35.5. The minimum atomic E-state index is -0.981. The lowest BCUT2D eigenvalue weighted by Gasteiger charge is -2.28. The molecule has 0 saturated carbocycles. The Hall–Kier alpha value is -4.08. The van der Waals surface area contributed by atoms with E-state index in [2.05, 4.69) is 11.1 Å². The maximum absolute atomic E-state index is 13.6. The average Bonchev–Trinajstić information content (AvgIpc) is 3.25. The molecule has 0 saturated heterocycles. The topological polar surface area (TPSA) is 103 Å². The van der Waals surface area contributed by atoms with E-state index in [1.807, 2.05) is 30.3 Å². The molecule has 35 heavy (non-hydrogen) atoms. The number of aryl methyl sites for hydroxylation is 1. The summed E-state index contributed by atoms with van der Waals surface area (Å²) in [5.41, 5.74) is 4.37. The first-order valence-corrected chi connectivity index (χ1v) is 11.6. The van der Waals surface area contributed by atoms with Crippen molar-refractivity contribution >= 4 is 34.3 Å². The van der Waals surface area contributed by atoms with E-state index in [0.717, 1.165) is 27.7 Å². The van der Waals surface area contributed by atoms with Crippen molar-refractivity contribution in [3.63, 3.8) is 0 Å². The van der Waals surface area contributed by atoms with Crippen molar-refractivity contribution in [3.8, 4) is 11.8 Å². The smallest absolute Gasteiger partial charge is 0.307 e. The van der Waals surface area contributed by atoms with Crippen LogP contribution >= 0.6 is 11.6 Å². The van der Waals surface area contributed by atoms with Gasteiger partial charge in [0.25, 0.3) is 0 Å². The highest BCUT2D eigenvalue weighted by Gasteiger charge is 2.41. The number of aromatic nitrogens is 1. The molecule has 1 aromatic heterocycles. The summed E-state index contributed by atoms with van der Waals surface area (Å²) in [5, 5.41) is 20.2. The Balaban J connectivity index is 1.52. The highest BCUT2D eigenvalue weighted by molar-refractivity contribution is 6.30. The lowest BCUT2D eigenvalue weighted by atomic mass is 9.73. The molecule has 7 heteroatoms. The number of carboxylic acid groups (broad SMARTS) is 1. The summed E-state index contributed by atoms with van der Waals surface area (Å²) in [7, 11) is 0. The van der Waals surface area contributed by atoms with Crippen LogP contribution in [-0.2, 0) is 17.8 Å². The van der Waals surface area contributed by atoms with Crippen LogP contribution < -0.4 is 4.74 Å². The molecule has 1 aliphatic carbocycles. The molecule has 1 aliphatic rings. The van der Waals surface area contributed by atoms with E-state index in [1.165, 1.54) is 0 Å². The minimum absolute atomic E-state index is 0.236. The van der Waals surface area contributed by atoms with Crippen LogP contribution in [0.15, 0.2) is 66.7 Å². The molecule has 0 fully saturated rings. The molecule has 6 nitrogen and oxygen atoms in total. The van der Waals surface area contributed by atoms with Crippen molar-refractivity contribution in [1.29, 1.82) is 5.26 Å². The quantitative estimate of drug-likeness (QED) is 0.332. The van der Waals surface area contributed by atoms with Crippen LogP contribution in [-0.4, -0.2) is 21.8 Å². The second kappa shape index (κ2) is 9.28. The van der Waals surface area contributed by atoms with E-state index < -0.39 is 17.8 Å². The number of carbonyl (C=O) groups excluding carboxylic acids is 1. The van der Waals surface area contributed by atoms with Crippen molar-refractivity contribution in [2.45, 2.75) is 25.4 Å². The minimum Gasteiger partial charge on any atom is -0.489 e. The number of aliphatic carboxylic acids is 1. The highest BCUT2D eigenvalue weighted by Crippen LogP contribution is 2.43. The van der Waals surface area contributed by atoms with E-state index >= 15 is 0 Å². The first-order chi connectivity index (χ1) is 16.9. The van der Waals surface area contributed by atoms with Crippen LogP contribution in [0.3, 0.4) is 0 Å². The van der Waals surface area contributed by atoms with Crippen LogP contribution in [0.4, 0.5) is 0 Å². The van der Waals surface area contributed by atoms with Gasteiger partial charge in [-0.15, -0.1) is 0 Å². The summed E-state index contributed by atoms with van der Waals surface area (Å²) in [4.78, 5) is 29.2. The predicted octanol–water partition coefficient (Wildman–Crippen LogP) is 5.89. The molecule has 0 bridgehead atoms. The van der Waals surface area contributed by atoms with Crippen molar-refractivity contribution < 1.29 is 19.4 Å². The van der Waals surface area contributed by atoms with Gasteiger partial charge in [-0.25, -0.2) is 0 Å². The Morgan fingerprint density at radius 1 is 1.09 bits per heavy atom. The van der Waals surface area contributed by atoms with Gasteiger partial charge in [-0.2, -0.15) is 5.26 Å². The number of ketones is 1. The third-order valence-electron chi connectivity index (χ3n) is 6.53. The second-order valence-electron chi connectivity index (χ2n) is 8.65. The maximum atomic E-state index is 13.6. The molecule has 2 N–H and O–H groups in total. The van der Waals surface area contributed by atoms with Crippen molar-refractivity contribution in [3.05, 3.63) is 99.7 Å². The Morgan fingerprint density at radius 3 is 2.51 bits per heavy atom. The second-order valence-corrected chi connectivity index (χ2v) is 9.09. The van der Waals surface area contributed by atoms with Gasteiger partial charge in [0.2, 0.25) is 0 Å². The van der Waals surface area contributed by atoms with Crippen molar-refractivity contribution in [2.24, 2.45) is 5.92 Å². The third-order valence-corrected chi connectivity index (χ3v) is 6.78. The number of aromatic amines is 1. The summed E-state index contributed by atoms with van der Waals surface area (Å²) in [5.74, 6) is -2.25. The molecular formula is C28H21ClN2O4. The summed E-state index contributed by atoms with van der Waals surface area (Å²) < 4.78 is 5.99. The number of benzene rings is 3. The zero-order chi connectivity index (χ0) is 24.5. The number of fused-ring (bicyclic) bond motifs is 3. The van der Waals surface area contributed by atoms with Gasteiger partial charge >= 0.3 is 5.97 Å². The van der Waals surface area contributed by atoms with Gasteiger partial charge in [-0.05, 0) is 78.6 Å². The monoisotopic (exact) mass is 484 g/mol. The number of nitrogens with one attached hydrogen (secondary N) is 1. The molecular weight excluding hydrogens is 464 g/mol. The van der Waals surface area contributed by atoms with Crippen LogP contribution in [0.2, 0.25) is 5.02 Å². The van der Waals surface area contributed by atoms with E-state index in [4.69, 9.17) is 21.6 Å². The number of carbonyl (C=O) groups is 2. The molecule has 0 amide bonds. The molecule has 0 spiro atoms.